The minimum absolute atomic E-state index is 0.0295. The molecule has 0 aliphatic heterocycles. The Morgan fingerprint density at radius 3 is 2.39 bits per heavy atom. The van der Waals surface area contributed by atoms with Gasteiger partial charge in [0.1, 0.15) is 18.5 Å². The fraction of sp³-hybridized carbons (Fsp3) is 0.846. The van der Waals surface area contributed by atoms with Gasteiger partial charge in [-0.3, -0.25) is 9.59 Å². The van der Waals surface area contributed by atoms with Crippen LogP contribution in [0.5, 0.6) is 0 Å². The molecule has 0 saturated heterocycles. The number of aliphatic hydroxyl groups excluding tert-OH is 1. The highest BCUT2D eigenvalue weighted by Gasteiger charge is 2.32. The first-order valence-electron chi connectivity index (χ1n) is 6.18. The van der Waals surface area contributed by atoms with Crippen molar-refractivity contribution >= 4 is 23.4 Å². The van der Waals surface area contributed by atoms with E-state index in [1.54, 1.807) is 13.8 Å². The summed E-state index contributed by atoms with van der Waals surface area (Å²) in [6.45, 7) is 6.95. The number of hydrogen-bond acceptors (Lipinski definition) is 4. The molecule has 4 nitrogen and oxygen atoms in total. The highest BCUT2D eigenvalue weighted by molar-refractivity contribution is 6.18. The molecule has 0 fully saturated rings. The van der Waals surface area contributed by atoms with E-state index in [2.05, 4.69) is 0 Å². The number of rotatable bonds is 8. The summed E-state index contributed by atoms with van der Waals surface area (Å²) in [7, 11) is 0. The van der Waals surface area contributed by atoms with E-state index in [0.717, 1.165) is 0 Å². The van der Waals surface area contributed by atoms with Crippen LogP contribution in [0.3, 0.4) is 0 Å². The number of ketones is 1. The fourth-order valence-corrected chi connectivity index (χ4v) is 1.75. The molecule has 0 aliphatic carbocycles. The zero-order valence-corrected chi connectivity index (χ0v) is 12.3. The second kappa shape index (κ2) is 7.74. The molecule has 0 aromatic carbocycles. The molecular formula is C13H23ClO4. The van der Waals surface area contributed by atoms with Gasteiger partial charge in [-0.25, -0.2) is 0 Å². The number of alkyl halides is 1. The molecule has 3 atom stereocenters. The van der Waals surface area contributed by atoms with Crippen LogP contribution in [-0.4, -0.2) is 35.4 Å². The lowest BCUT2D eigenvalue weighted by molar-refractivity contribution is -0.152. The number of carbonyl (C=O) groups is 2. The van der Waals surface area contributed by atoms with E-state index in [9.17, 15) is 14.7 Å². The quantitative estimate of drug-likeness (QED) is 0.546. The lowest BCUT2D eigenvalue weighted by Crippen LogP contribution is -2.31. The van der Waals surface area contributed by atoms with Gasteiger partial charge in [0.15, 0.2) is 0 Å². The number of aliphatic hydroxyl groups is 1. The van der Waals surface area contributed by atoms with Gasteiger partial charge >= 0.3 is 5.97 Å². The van der Waals surface area contributed by atoms with Crippen LogP contribution >= 0.6 is 11.6 Å². The zero-order valence-electron chi connectivity index (χ0n) is 11.5. The van der Waals surface area contributed by atoms with Crippen LogP contribution in [-0.2, 0) is 14.3 Å². The van der Waals surface area contributed by atoms with Crippen LogP contribution in [0, 0.1) is 11.3 Å². The molecule has 0 saturated carbocycles. The third-order valence-corrected chi connectivity index (χ3v) is 3.74. The van der Waals surface area contributed by atoms with E-state index < -0.39 is 17.5 Å². The molecule has 0 radical (unpaired) electrons. The smallest absolute Gasteiger partial charge is 0.308 e. The molecule has 0 heterocycles. The van der Waals surface area contributed by atoms with Crippen molar-refractivity contribution in [2.45, 2.75) is 46.6 Å². The molecule has 106 valence electrons. The zero-order chi connectivity index (χ0) is 14.3. The first-order chi connectivity index (χ1) is 8.26. The Balaban J connectivity index is 4.35. The van der Waals surface area contributed by atoms with Crippen LogP contribution in [0.15, 0.2) is 0 Å². The predicted molar refractivity (Wildman–Crippen MR) is 70.5 cm³/mol. The average Bonchev–Trinajstić information content (AvgIpc) is 2.34. The van der Waals surface area contributed by atoms with Gasteiger partial charge in [0.25, 0.3) is 0 Å². The highest BCUT2D eigenvalue weighted by atomic mass is 35.5. The van der Waals surface area contributed by atoms with Crippen molar-refractivity contribution in [3.05, 3.63) is 0 Å². The van der Waals surface area contributed by atoms with Crippen LogP contribution in [0.1, 0.15) is 40.5 Å². The normalized spacial score (nSPS) is 17.7. The van der Waals surface area contributed by atoms with Gasteiger partial charge in [-0.05, 0) is 19.8 Å². The van der Waals surface area contributed by atoms with Gasteiger partial charge in [-0.1, -0.05) is 20.8 Å². The summed E-state index contributed by atoms with van der Waals surface area (Å²) in [5.74, 6) is -0.672. The number of halogens is 1. The highest BCUT2D eigenvalue weighted by Crippen LogP contribution is 2.31. The van der Waals surface area contributed by atoms with Crippen LogP contribution in [0.2, 0.25) is 0 Å². The topological polar surface area (TPSA) is 63.6 Å². The molecule has 0 spiro atoms. The summed E-state index contributed by atoms with van der Waals surface area (Å²) in [5, 5.41) is 9.19. The van der Waals surface area contributed by atoms with Gasteiger partial charge in [0.2, 0.25) is 0 Å². The van der Waals surface area contributed by atoms with Crippen molar-refractivity contribution < 1.29 is 19.4 Å². The molecule has 0 aromatic rings. The van der Waals surface area contributed by atoms with E-state index in [-0.39, 0.29) is 24.2 Å². The molecule has 0 bridgehead atoms. The fourth-order valence-electron chi connectivity index (χ4n) is 1.66. The minimum atomic E-state index is -0.840. The largest absolute Gasteiger partial charge is 0.463 e. The van der Waals surface area contributed by atoms with Crippen molar-refractivity contribution in [3.63, 3.8) is 0 Å². The van der Waals surface area contributed by atoms with E-state index in [4.69, 9.17) is 16.3 Å². The summed E-state index contributed by atoms with van der Waals surface area (Å²) in [6, 6.07) is 0. The second-order valence-corrected chi connectivity index (χ2v) is 5.32. The van der Waals surface area contributed by atoms with Crippen LogP contribution in [0.4, 0.5) is 0 Å². The maximum atomic E-state index is 11.7. The average molecular weight is 279 g/mol. The van der Waals surface area contributed by atoms with Crippen molar-refractivity contribution in [3.8, 4) is 0 Å². The Labute approximate surface area is 114 Å². The first-order valence-corrected chi connectivity index (χ1v) is 6.72. The number of ether oxygens (including phenoxy) is 1. The van der Waals surface area contributed by atoms with Gasteiger partial charge in [0.05, 0.1) is 11.8 Å². The van der Waals surface area contributed by atoms with Gasteiger partial charge < -0.3 is 9.84 Å². The predicted octanol–water partition coefficient (Wildman–Crippen LogP) is 2.16. The Morgan fingerprint density at radius 2 is 2.00 bits per heavy atom. The van der Waals surface area contributed by atoms with E-state index >= 15 is 0 Å². The minimum Gasteiger partial charge on any atom is -0.463 e. The molecule has 3 unspecified atom stereocenters. The summed E-state index contributed by atoms with van der Waals surface area (Å²) < 4.78 is 4.94. The molecule has 0 amide bonds. The van der Waals surface area contributed by atoms with E-state index in [1.807, 2.05) is 13.8 Å². The molecule has 0 aromatic heterocycles. The number of hydrogen-bond donors (Lipinski definition) is 1. The molecule has 5 heteroatoms. The SMILES string of the molecule is CCC(C)(CC(C)C(=O)OCC(O)CCl)C(C)=O. The number of esters is 1. The Bertz CT molecular complexity index is 293. The van der Waals surface area contributed by atoms with Crippen LogP contribution < -0.4 is 0 Å². The Morgan fingerprint density at radius 1 is 1.44 bits per heavy atom. The summed E-state index contributed by atoms with van der Waals surface area (Å²) >= 11 is 5.40. The monoisotopic (exact) mass is 278 g/mol. The lowest BCUT2D eigenvalue weighted by Gasteiger charge is -2.27. The second-order valence-electron chi connectivity index (χ2n) is 5.01. The van der Waals surface area contributed by atoms with Crippen molar-refractivity contribution in [1.29, 1.82) is 0 Å². The lowest BCUT2D eigenvalue weighted by atomic mass is 9.76. The summed E-state index contributed by atoms with van der Waals surface area (Å²) in [4.78, 5) is 23.2. The number of carbonyl (C=O) groups excluding carboxylic acids is 2. The van der Waals surface area contributed by atoms with Crippen molar-refractivity contribution in [2.75, 3.05) is 12.5 Å². The van der Waals surface area contributed by atoms with E-state index in [0.29, 0.717) is 12.8 Å². The maximum Gasteiger partial charge on any atom is 0.308 e. The Kier molecular flexibility index (Phi) is 7.48. The molecule has 1 N–H and O–H groups in total. The van der Waals surface area contributed by atoms with E-state index in [1.165, 1.54) is 0 Å². The molecule has 18 heavy (non-hydrogen) atoms. The number of Topliss-reactive ketones (excluding diaryl/α,β-unsaturated/α-hetero) is 1. The first kappa shape index (κ1) is 17.4. The third kappa shape index (κ3) is 5.36. The molecule has 0 aliphatic rings. The van der Waals surface area contributed by atoms with Crippen molar-refractivity contribution in [2.24, 2.45) is 11.3 Å². The van der Waals surface area contributed by atoms with Gasteiger partial charge in [0, 0.05) is 5.41 Å². The van der Waals surface area contributed by atoms with Crippen molar-refractivity contribution in [1.82, 2.24) is 0 Å². The third-order valence-electron chi connectivity index (χ3n) is 3.39. The Hall–Kier alpha value is -0.610. The van der Waals surface area contributed by atoms with Gasteiger partial charge in [-0.2, -0.15) is 0 Å². The standard InChI is InChI=1S/C13H23ClO4/c1-5-13(4,10(3)15)6-9(2)12(17)18-8-11(16)7-14/h9,11,16H,5-8H2,1-4H3. The maximum absolute atomic E-state index is 11.7. The molecule has 0 rings (SSSR count). The van der Waals surface area contributed by atoms with Crippen LogP contribution in [0.25, 0.3) is 0 Å². The van der Waals surface area contributed by atoms with Gasteiger partial charge in [-0.15, -0.1) is 11.6 Å². The summed E-state index contributed by atoms with van der Waals surface area (Å²) in [5.41, 5.74) is -0.496. The summed E-state index contributed by atoms with van der Waals surface area (Å²) in [6.07, 6.45) is 0.298. The molecular weight excluding hydrogens is 256 g/mol.